The molecule has 0 saturated carbocycles. The molecule has 0 amide bonds. The zero-order chi connectivity index (χ0) is 13.4. The van der Waals surface area contributed by atoms with Gasteiger partial charge >= 0.3 is 6.18 Å². The van der Waals surface area contributed by atoms with Crippen LogP contribution in [0.15, 0.2) is 24.3 Å². The second-order valence-corrected chi connectivity index (χ2v) is 4.03. The molecule has 0 saturated heterocycles. The van der Waals surface area contributed by atoms with Gasteiger partial charge in [0.25, 0.3) is 0 Å². The van der Waals surface area contributed by atoms with Gasteiger partial charge in [0.1, 0.15) is 5.75 Å². The molecule has 5 heteroatoms. The number of benzene rings is 1. The summed E-state index contributed by atoms with van der Waals surface area (Å²) in [6, 6.07) is 7.09. The summed E-state index contributed by atoms with van der Waals surface area (Å²) in [6.45, 7) is 3.46. The first kappa shape index (κ1) is 14.8. The Labute approximate surface area is 105 Å². The molecular weight excluding hydrogens is 243 g/mol. The molecule has 0 spiro atoms. The summed E-state index contributed by atoms with van der Waals surface area (Å²) < 4.78 is 40.7. The summed E-state index contributed by atoms with van der Waals surface area (Å²) in [7, 11) is 0. The Morgan fingerprint density at radius 3 is 2.39 bits per heavy atom. The van der Waals surface area contributed by atoms with E-state index in [9.17, 15) is 13.2 Å². The minimum absolute atomic E-state index is 0.336. The lowest BCUT2D eigenvalue weighted by Crippen LogP contribution is -2.14. The van der Waals surface area contributed by atoms with E-state index < -0.39 is 12.6 Å². The number of ether oxygens (including phenoxy) is 1. The quantitative estimate of drug-likeness (QED) is 0.758. The normalized spacial score (nSPS) is 11.6. The van der Waals surface area contributed by atoms with Gasteiger partial charge in [0.2, 0.25) is 0 Å². The van der Waals surface area contributed by atoms with Crippen LogP contribution in [0.2, 0.25) is 0 Å². The van der Waals surface area contributed by atoms with Crippen molar-refractivity contribution in [1.82, 2.24) is 5.32 Å². The predicted molar refractivity (Wildman–Crippen MR) is 64.6 cm³/mol. The molecule has 1 aromatic rings. The number of halogens is 3. The molecule has 102 valence electrons. The molecule has 0 radical (unpaired) electrons. The first-order chi connectivity index (χ1) is 8.51. The third-order valence-electron chi connectivity index (χ3n) is 2.33. The average Bonchev–Trinajstić information content (AvgIpc) is 2.30. The largest absolute Gasteiger partial charge is 0.493 e. The van der Waals surface area contributed by atoms with Crippen LogP contribution in [0.25, 0.3) is 0 Å². The Balaban J connectivity index is 2.31. The number of alkyl halides is 3. The van der Waals surface area contributed by atoms with Crippen LogP contribution in [-0.2, 0) is 6.54 Å². The smallest absolute Gasteiger partial charge is 0.392 e. The second-order valence-electron chi connectivity index (χ2n) is 4.03. The molecule has 0 bridgehead atoms. The number of hydrogen-bond donors (Lipinski definition) is 1. The number of hydrogen-bond acceptors (Lipinski definition) is 2. The Morgan fingerprint density at radius 2 is 1.83 bits per heavy atom. The molecule has 0 atom stereocenters. The van der Waals surface area contributed by atoms with E-state index in [2.05, 4.69) is 12.2 Å². The molecule has 0 unspecified atom stereocenters. The van der Waals surface area contributed by atoms with Crippen LogP contribution in [0.4, 0.5) is 13.2 Å². The third kappa shape index (κ3) is 6.49. The lowest BCUT2D eigenvalue weighted by molar-refractivity contribution is -0.139. The van der Waals surface area contributed by atoms with Crippen LogP contribution >= 0.6 is 0 Å². The number of nitrogens with one attached hydrogen (secondary N) is 1. The third-order valence-corrected chi connectivity index (χ3v) is 2.33. The Morgan fingerprint density at radius 1 is 1.17 bits per heavy atom. The van der Waals surface area contributed by atoms with Gasteiger partial charge < -0.3 is 10.1 Å². The monoisotopic (exact) mass is 261 g/mol. The van der Waals surface area contributed by atoms with E-state index in [4.69, 9.17) is 4.74 Å². The summed E-state index contributed by atoms with van der Waals surface area (Å²) in [6.07, 6.45) is -4.02. The van der Waals surface area contributed by atoms with Gasteiger partial charge in [-0.25, -0.2) is 0 Å². The van der Waals surface area contributed by atoms with Gasteiger partial charge in [-0.2, -0.15) is 13.2 Å². The van der Waals surface area contributed by atoms with Crippen LogP contribution in [0.5, 0.6) is 5.75 Å². The van der Waals surface area contributed by atoms with Crippen molar-refractivity contribution < 1.29 is 17.9 Å². The van der Waals surface area contributed by atoms with Crippen LogP contribution in [0, 0.1) is 0 Å². The molecule has 1 N–H and O–H groups in total. The van der Waals surface area contributed by atoms with E-state index in [1.165, 1.54) is 0 Å². The minimum atomic E-state index is -4.16. The fourth-order valence-electron chi connectivity index (χ4n) is 1.40. The highest BCUT2D eigenvalue weighted by Crippen LogP contribution is 2.20. The average molecular weight is 261 g/mol. The van der Waals surface area contributed by atoms with Crippen LogP contribution in [0.1, 0.15) is 25.3 Å². The molecule has 0 aliphatic carbocycles. The van der Waals surface area contributed by atoms with Crippen molar-refractivity contribution in [3.05, 3.63) is 29.8 Å². The van der Waals surface area contributed by atoms with Gasteiger partial charge in [0, 0.05) is 6.54 Å². The summed E-state index contributed by atoms with van der Waals surface area (Å²) in [5.41, 5.74) is 1.09. The van der Waals surface area contributed by atoms with Crippen molar-refractivity contribution in [3.63, 3.8) is 0 Å². The molecule has 18 heavy (non-hydrogen) atoms. The first-order valence-corrected chi connectivity index (χ1v) is 6.00. The molecular formula is C13H18F3NO. The first-order valence-electron chi connectivity index (χ1n) is 6.00. The topological polar surface area (TPSA) is 21.3 Å². The van der Waals surface area contributed by atoms with Crippen molar-refractivity contribution >= 4 is 0 Å². The predicted octanol–water partition coefficient (Wildman–Crippen LogP) is 3.52. The molecule has 2 nitrogen and oxygen atoms in total. The van der Waals surface area contributed by atoms with Gasteiger partial charge in [-0.3, -0.25) is 0 Å². The van der Waals surface area contributed by atoms with Crippen molar-refractivity contribution in [2.75, 3.05) is 13.2 Å². The fourth-order valence-corrected chi connectivity index (χ4v) is 1.40. The van der Waals surface area contributed by atoms with E-state index >= 15 is 0 Å². The SMILES string of the molecule is CCCNCc1ccc(OCCC(F)(F)F)cc1. The Hall–Kier alpha value is -1.23. The highest BCUT2D eigenvalue weighted by Gasteiger charge is 2.26. The zero-order valence-corrected chi connectivity index (χ0v) is 10.4. The summed E-state index contributed by atoms with van der Waals surface area (Å²) in [5, 5.41) is 3.24. The lowest BCUT2D eigenvalue weighted by Gasteiger charge is -2.09. The van der Waals surface area contributed by atoms with E-state index in [0.29, 0.717) is 5.75 Å². The van der Waals surface area contributed by atoms with Crippen molar-refractivity contribution in [2.45, 2.75) is 32.5 Å². The van der Waals surface area contributed by atoms with Gasteiger partial charge in [0.05, 0.1) is 13.0 Å². The molecule has 0 aromatic heterocycles. The van der Waals surface area contributed by atoms with Gasteiger partial charge in [-0.05, 0) is 30.7 Å². The van der Waals surface area contributed by atoms with Gasteiger partial charge in [0.15, 0.2) is 0 Å². The Bertz CT molecular complexity index is 335. The highest BCUT2D eigenvalue weighted by molar-refractivity contribution is 5.27. The van der Waals surface area contributed by atoms with Gasteiger partial charge in [-0.1, -0.05) is 19.1 Å². The van der Waals surface area contributed by atoms with Crippen molar-refractivity contribution in [3.8, 4) is 5.75 Å². The maximum absolute atomic E-state index is 11.9. The molecule has 0 fully saturated rings. The van der Waals surface area contributed by atoms with E-state index in [-0.39, 0.29) is 6.61 Å². The van der Waals surface area contributed by atoms with Crippen molar-refractivity contribution in [1.29, 1.82) is 0 Å². The standard InChI is InChI=1S/C13H18F3NO/c1-2-8-17-10-11-3-5-12(6-4-11)18-9-7-13(14,15)16/h3-6,17H,2,7-10H2,1H3. The van der Waals surface area contributed by atoms with Crippen LogP contribution in [-0.4, -0.2) is 19.3 Å². The van der Waals surface area contributed by atoms with Crippen LogP contribution < -0.4 is 10.1 Å². The zero-order valence-electron chi connectivity index (χ0n) is 10.4. The summed E-state index contributed by atoms with van der Waals surface area (Å²) in [5.74, 6) is 0.471. The molecule has 0 heterocycles. The number of rotatable bonds is 7. The highest BCUT2D eigenvalue weighted by atomic mass is 19.4. The van der Waals surface area contributed by atoms with Crippen LogP contribution in [0.3, 0.4) is 0 Å². The van der Waals surface area contributed by atoms with Gasteiger partial charge in [-0.15, -0.1) is 0 Å². The van der Waals surface area contributed by atoms with E-state index in [0.717, 1.165) is 25.1 Å². The lowest BCUT2D eigenvalue weighted by atomic mass is 10.2. The summed E-state index contributed by atoms with van der Waals surface area (Å²) >= 11 is 0. The van der Waals surface area contributed by atoms with E-state index in [1.54, 1.807) is 12.1 Å². The Kier molecular flexibility index (Phi) is 5.98. The molecule has 1 aromatic carbocycles. The summed E-state index contributed by atoms with van der Waals surface area (Å²) in [4.78, 5) is 0. The minimum Gasteiger partial charge on any atom is -0.493 e. The maximum Gasteiger partial charge on any atom is 0.392 e. The molecule has 1 rings (SSSR count). The molecule has 0 aliphatic heterocycles. The second kappa shape index (κ2) is 7.26. The maximum atomic E-state index is 11.9. The fraction of sp³-hybridized carbons (Fsp3) is 0.538. The van der Waals surface area contributed by atoms with Crippen molar-refractivity contribution in [2.24, 2.45) is 0 Å². The van der Waals surface area contributed by atoms with E-state index in [1.807, 2.05) is 12.1 Å². The molecule has 0 aliphatic rings.